The van der Waals surface area contributed by atoms with E-state index in [2.05, 4.69) is 0 Å². The Bertz CT molecular complexity index is 576. The Morgan fingerprint density at radius 2 is 2.05 bits per heavy atom. The Morgan fingerprint density at radius 3 is 2.59 bits per heavy atom. The smallest absolute Gasteiger partial charge is 0.414 e. The van der Waals surface area contributed by atoms with Gasteiger partial charge in [0, 0.05) is 32.3 Å². The van der Waals surface area contributed by atoms with E-state index in [1.54, 1.807) is 6.07 Å². The van der Waals surface area contributed by atoms with Crippen molar-refractivity contribution in [2.75, 3.05) is 57.2 Å². The second-order valence-corrected chi connectivity index (χ2v) is 5.42. The van der Waals surface area contributed by atoms with E-state index in [0.29, 0.717) is 18.8 Å². The lowest BCUT2D eigenvalue weighted by atomic mass is 10.2. The number of hydrogen-bond acceptors (Lipinski definition) is 6. The number of hydrogen-bond donors (Lipinski definition) is 0. The molecule has 0 saturated carbocycles. The number of ether oxygens (including phenoxy) is 1. The summed E-state index contributed by atoms with van der Waals surface area (Å²) < 4.78 is 4.94. The molecule has 1 aliphatic heterocycles. The molecule has 0 aliphatic carbocycles. The topological polar surface area (TPSA) is 79.2 Å². The molecule has 2 rings (SSSR count). The van der Waals surface area contributed by atoms with Gasteiger partial charge in [-0.15, -0.1) is 0 Å². The van der Waals surface area contributed by atoms with Crippen LogP contribution in [0.3, 0.4) is 0 Å². The van der Waals surface area contributed by atoms with Gasteiger partial charge in [-0.25, -0.2) is 4.79 Å². The van der Waals surface area contributed by atoms with Gasteiger partial charge in [0.2, 0.25) is 0 Å². The van der Waals surface area contributed by atoms with Crippen LogP contribution in [0.1, 0.15) is 0 Å². The van der Waals surface area contributed by atoms with Crippen molar-refractivity contribution in [3.63, 3.8) is 0 Å². The first-order valence-electron chi connectivity index (χ1n) is 6.98. The minimum atomic E-state index is -0.470. The second kappa shape index (κ2) is 6.61. The molecule has 0 aromatic heterocycles. The molecule has 0 N–H and O–H groups in total. The molecule has 1 heterocycles. The molecule has 0 bridgehead atoms. The number of cyclic esters (lactones) is 1. The molecule has 1 aromatic carbocycles. The Balaban J connectivity index is 2.35. The van der Waals surface area contributed by atoms with Crippen LogP contribution < -0.4 is 9.80 Å². The lowest BCUT2D eigenvalue weighted by Crippen LogP contribution is -2.31. The molecule has 1 amide bonds. The number of nitrogens with zero attached hydrogens (tertiary/aromatic N) is 4. The van der Waals surface area contributed by atoms with Crippen molar-refractivity contribution in [1.29, 1.82) is 0 Å². The minimum absolute atomic E-state index is 0.0422. The first kappa shape index (κ1) is 16.0. The van der Waals surface area contributed by atoms with Crippen molar-refractivity contribution in [3.05, 3.63) is 28.3 Å². The van der Waals surface area contributed by atoms with Crippen molar-refractivity contribution < 1.29 is 14.5 Å². The monoisotopic (exact) mass is 308 g/mol. The molecule has 1 fully saturated rings. The molecule has 1 aliphatic rings. The Hall–Kier alpha value is -2.35. The fourth-order valence-corrected chi connectivity index (χ4v) is 2.25. The molecule has 8 heteroatoms. The lowest BCUT2D eigenvalue weighted by Gasteiger charge is -2.26. The van der Waals surface area contributed by atoms with E-state index in [0.717, 1.165) is 18.8 Å². The maximum absolute atomic E-state index is 11.8. The molecule has 0 unspecified atom stereocenters. The number of carbonyl (C=O) groups excluding carboxylic acids is 1. The number of nitro benzene ring substituents is 1. The third-order valence-corrected chi connectivity index (χ3v) is 3.52. The van der Waals surface area contributed by atoms with Crippen LogP contribution in [0.2, 0.25) is 0 Å². The summed E-state index contributed by atoms with van der Waals surface area (Å²) >= 11 is 0. The predicted molar refractivity (Wildman–Crippen MR) is 83.6 cm³/mol. The van der Waals surface area contributed by atoms with E-state index in [1.165, 1.54) is 17.0 Å². The molecular formula is C14H20N4O4. The minimum Gasteiger partial charge on any atom is -0.447 e. The summed E-state index contributed by atoms with van der Waals surface area (Å²) in [5.41, 5.74) is 1.24. The molecule has 0 atom stereocenters. The van der Waals surface area contributed by atoms with Crippen LogP contribution in [0.4, 0.5) is 21.9 Å². The average Bonchev–Trinajstić information content (AvgIpc) is 2.90. The summed E-state index contributed by atoms with van der Waals surface area (Å²) in [7, 11) is 5.85. The summed E-state index contributed by atoms with van der Waals surface area (Å²) in [5, 5.41) is 11.0. The summed E-state index contributed by atoms with van der Waals surface area (Å²) in [6.07, 6.45) is -0.470. The van der Waals surface area contributed by atoms with Crippen LogP contribution in [-0.4, -0.2) is 63.3 Å². The van der Waals surface area contributed by atoms with Gasteiger partial charge in [0.1, 0.15) is 6.61 Å². The molecular weight excluding hydrogens is 288 g/mol. The average molecular weight is 308 g/mol. The van der Waals surface area contributed by atoms with Crippen molar-refractivity contribution in [2.24, 2.45) is 0 Å². The second-order valence-electron chi connectivity index (χ2n) is 5.42. The van der Waals surface area contributed by atoms with Crippen LogP contribution in [0.5, 0.6) is 0 Å². The Kier molecular flexibility index (Phi) is 4.81. The Labute approximate surface area is 129 Å². The van der Waals surface area contributed by atoms with Gasteiger partial charge in [-0.05, 0) is 20.2 Å². The quantitative estimate of drug-likeness (QED) is 0.586. The van der Waals surface area contributed by atoms with Crippen LogP contribution >= 0.6 is 0 Å². The van der Waals surface area contributed by atoms with Gasteiger partial charge in [-0.2, -0.15) is 0 Å². The molecule has 1 aromatic rings. The number of rotatable bonds is 6. The zero-order chi connectivity index (χ0) is 16.3. The maximum Gasteiger partial charge on any atom is 0.414 e. The van der Waals surface area contributed by atoms with E-state index in [9.17, 15) is 14.9 Å². The largest absolute Gasteiger partial charge is 0.447 e. The van der Waals surface area contributed by atoms with E-state index < -0.39 is 11.0 Å². The summed E-state index contributed by atoms with van der Waals surface area (Å²) in [6, 6.07) is 4.55. The fourth-order valence-electron chi connectivity index (χ4n) is 2.25. The predicted octanol–water partition coefficient (Wildman–Crippen LogP) is 1.55. The molecule has 22 heavy (non-hydrogen) atoms. The third kappa shape index (κ3) is 3.45. The van der Waals surface area contributed by atoms with Crippen LogP contribution in [0.15, 0.2) is 18.2 Å². The normalized spacial score (nSPS) is 14.4. The number of amides is 1. The van der Waals surface area contributed by atoms with Crippen molar-refractivity contribution in [3.8, 4) is 0 Å². The molecule has 120 valence electrons. The van der Waals surface area contributed by atoms with E-state index >= 15 is 0 Å². The molecule has 0 radical (unpaired) electrons. The third-order valence-electron chi connectivity index (χ3n) is 3.52. The van der Waals surface area contributed by atoms with E-state index in [1.807, 2.05) is 30.9 Å². The summed E-state index contributed by atoms with van der Waals surface area (Å²) in [6.45, 7) is 2.26. The lowest BCUT2D eigenvalue weighted by molar-refractivity contribution is -0.384. The van der Waals surface area contributed by atoms with E-state index in [-0.39, 0.29) is 5.69 Å². The zero-order valence-electron chi connectivity index (χ0n) is 13.0. The molecule has 0 spiro atoms. The van der Waals surface area contributed by atoms with Crippen molar-refractivity contribution >= 4 is 23.2 Å². The number of likely N-dealkylation sites (N-methyl/N-ethyl adjacent to an activating group) is 2. The van der Waals surface area contributed by atoms with Crippen LogP contribution in [-0.2, 0) is 4.74 Å². The van der Waals surface area contributed by atoms with Gasteiger partial charge >= 0.3 is 6.09 Å². The van der Waals surface area contributed by atoms with Crippen molar-refractivity contribution in [2.45, 2.75) is 0 Å². The highest BCUT2D eigenvalue weighted by molar-refractivity contribution is 5.94. The van der Waals surface area contributed by atoms with Gasteiger partial charge in [0.05, 0.1) is 22.8 Å². The fraction of sp³-hybridized carbons (Fsp3) is 0.500. The number of anilines is 2. The first-order chi connectivity index (χ1) is 10.4. The van der Waals surface area contributed by atoms with Gasteiger partial charge < -0.3 is 14.5 Å². The highest BCUT2D eigenvalue weighted by Crippen LogP contribution is 2.34. The number of carbonyl (C=O) groups is 1. The van der Waals surface area contributed by atoms with Gasteiger partial charge in [0.25, 0.3) is 5.69 Å². The van der Waals surface area contributed by atoms with Gasteiger partial charge in [-0.1, -0.05) is 0 Å². The van der Waals surface area contributed by atoms with Crippen LogP contribution in [0, 0.1) is 10.1 Å². The van der Waals surface area contributed by atoms with Crippen LogP contribution in [0.25, 0.3) is 0 Å². The SMILES string of the molecule is CN(C)CCN(C)c1ccc([N+](=O)[O-])cc1N1CCOC1=O. The van der Waals surface area contributed by atoms with Gasteiger partial charge in [-0.3, -0.25) is 15.0 Å². The van der Waals surface area contributed by atoms with Crippen molar-refractivity contribution in [1.82, 2.24) is 4.90 Å². The first-order valence-corrected chi connectivity index (χ1v) is 6.98. The summed E-state index contributed by atoms with van der Waals surface area (Å²) in [4.78, 5) is 27.8. The number of non-ortho nitro benzene ring substituents is 1. The molecule has 1 saturated heterocycles. The Morgan fingerprint density at radius 1 is 1.32 bits per heavy atom. The standard InChI is InChI=1S/C14H20N4O4/c1-15(2)6-7-16(3)12-5-4-11(18(20)21)10-13(12)17-8-9-22-14(17)19/h4-5,10H,6-9H2,1-3H3. The maximum atomic E-state index is 11.8. The van der Waals surface area contributed by atoms with Gasteiger partial charge in [0.15, 0.2) is 0 Å². The highest BCUT2D eigenvalue weighted by Gasteiger charge is 2.28. The molecule has 8 nitrogen and oxygen atoms in total. The van der Waals surface area contributed by atoms with E-state index in [4.69, 9.17) is 4.74 Å². The summed E-state index contributed by atoms with van der Waals surface area (Å²) in [5.74, 6) is 0. The number of nitro groups is 1. The highest BCUT2D eigenvalue weighted by atomic mass is 16.6. The number of benzene rings is 1. The zero-order valence-corrected chi connectivity index (χ0v) is 13.0.